The first-order valence-electron chi connectivity index (χ1n) is 8.12. The van der Waals surface area contributed by atoms with E-state index in [0.29, 0.717) is 0 Å². The molecule has 0 aliphatic heterocycles. The van der Waals surface area contributed by atoms with Gasteiger partial charge in [-0.15, -0.1) is 0 Å². The fourth-order valence-electron chi connectivity index (χ4n) is 1.90. The van der Waals surface area contributed by atoms with Crippen molar-refractivity contribution in [2.45, 2.75) is 36.0 Å². The van der Waals surface area contributed by atoms with Gasteiger partial charge >= 0.3 is 41.9 Å². The van der Waals surface area contributed by atoms with Gasteiger partial charge in [-0.25, -0.2) is 0 Å². The van der Waals surface area contributed by atoms with Gasteiger partial charge in [0.2, 0.25) is 0 Å². The number of H-pyrrole nitrogens is 1. The van der Waals surface area contributed by atoms with E-state index in [9.17, 15) is 71.1 Å². The van der Waals surface area contributed by atoms with Crippen molar-refractivity contribution in [3.05, 3.63) is 23.2 Å². The fourth-order valence-corrected chi connectivity index (χ4v) is 2.19. The Balaban J connectivity index is 0.000000426. The molecule has 0 unspecified atom stereocenters. The number of nitrogens with zero attached hydrogens (tertiary/aromatic N) is 1. The topological polar surface area (TPSA) is 74.8 Å². The summed E-state index contributed by atoms with van der Waals surface area (Å²) < 4.78 is 169. The maximum Gasteiger partial charge on any atom is 0.460 e. The lowest BCUT2D eigenvalue weighted by molar-refractivity contribution is -0.343. The van der Waals surface area contributed by atoms with Gasteiger partial charge in [0, 0.05) is 10.4 Å². The summed E-state index contributed by atoms with van der Waals surface area (Å²) in [5.74, 6) is -28.5. The first-order chi connectivity index (χ1) is 15.8. The van der Waals surface area contributed by atoms with Crippen LogP contribution in [0.15, 0.2) is 18.2 Å². The Labute approximate surface area is 197 Å². The number of amides is 1. The van der Waals surface area contributed by atoms with Crippen molar-refractivity contribution in [2.75, 3.05) is 5.32 Å². The summed E-state index contributed by atoms with van der Waals surface area (Å²) >= 11 is 9.53. The minimum atomic E-state index is -6.60. The number of rotatable bonds is 5. The number of fused-ring (bicyclic) bond motifs is 1. The summed E-state index contributed by atoms with van der Waals surface area (Å²) in [6.45, 7) is 0. The largest absolute Gasteiger partial charge is 0.460 e. The van der Waals surface area contributed by atoms with E-state index in [1.54, 1.807) is 0 Å². The number of hydrogen-bond donors (Lipinski definition) is 2. The highest BCUT2D eigenvalue weighted by Gasteiger charge is 2.77. The number of anilines is 1. The number of hydrogen-bond acceptors (Lipinski definition) is 3. The molecule has 21 heteroatoms. The number of aromatic nitrogens is 2. The first-order valence-corrected chi connectivity index (χ1v) is 8.87. The normalized spacial score (nSPS) is 13.8. The van der Waals surface area contributed by atoms with Gasteiger partial charge in [0.05, 0.1) is 5.52 Å². The zero-order valence-electron chi connectivity index (χ0n) is 16.0. The van der Waals surface area contributed by atoms with Gasteiger partial charge in [0.25, 0.3) is 5.24 Å². The van der Waals surface area contributed by atoms with Crippen LogP contribution in [-0.2, 0) is 9.59 Å². The molecule has 204 valence electrons. The van der Waals surface area contributed by atoms with E-state index >= 15 is 0 Å². The first kappa shape index (κ1) is 31.5. The molecule has 1 aromatic carbocycles. The van der Waals surface area contributed by atoms with Gasteiger partial charge in [-0.05, 0) is 29.8 Å². The monoisotopic (exact) mass is 595 g/mol. The van der Waals surface area contributed by atoms with Crippen LogP contribution in [0.25, 0.3) is 10.9 Å². The summed E-state index contributed by atoms with van der Waals surface area (Å²) in [7, 11) is 0. The van der Waals surface area contributed by atoms with E-state index in [0.717, 1.165) is 0 Å². The molecule has 1 amide bonds. The Bertz CT molecular complexity index is 1130. The van der Waals surface area contributed by atoms with E-state index in [1.807, 2.05) is 0 Å². The molecule has 0 aliphatic carbocycles. The molecule has 0 radical (unpaired) electrons. The maximum absolute atomic E-state index is 13.2. The molecule has 0 spiro atoms. The predicted molar refractivity (Wildman–Crippen MR) is 92.5 cm³/mol. The number of alkyl halides is 14. The zero-order chi connectivity index (χ0) is 28.7. The van der Waals surface area contributed by atoms with Gasteiger partial charge in [0.1, 0.15) is 0 Å². The number of benzene rings is 1. The summed E-state index contributed by atoms with van der Waals surface area (Å²) in [5.41, 5.74) is 0.152. The molecule has 5 nitrogen and oxygen atoms in total. The van der Waals surface area contributed by atoms with Crippen molar-refractivity contribution in [1.82, 2.24) is 10.2 Å². The summed E-state index contributed by atoms with van der Waals surface area (Å²) in [4.78, 5) is 20.8. The molecule has 0 saturated carbocycles. The van der Waals surface area contributed by atoms with Gasteiger partial charge in [-0.3, -0.25) is 14.7 Å². The molecule has 0 aliphatic rings. The Morgan fingerprint density at radius 3 is 1.61 bits per heavy atom. The second kappa shape index (κ2) is 9.71. The SMILES string of the molecule is O=C(Cl)C(F)(F)C(F)(F)C(F)(F)F.O=C(Nc1n[nH]c2cc(Cl)ccc12)C(F)(F)C(F)(F)C(F)(F)F. The van der Waals surface area contributed by atoms with E-state index in [2.05, 4.69) is 21.8 Å². The Morgan fingerprint density at radius 2 is 1.22 bits per heavy atom. The zero-order valence-corrected chi connectivity index (χ0v) is 17.6. The average molecular weight is 596 g/mol. The molecule has 0 fully saturated rings. The van der Waals surface area contributed by atoms with Crippen LogP contribution in [0.2, 0.25) is 5.02 Å². The molecule has 1 heterocycles. The fraction of sp³-hybridized carbons (Fsp3) is 0.400. The second-order valence-corrected chi connectivity index (χ2v) is 7.06. The maximum atomic E-state index is 13.2. The molecular formula is C15H5Cl2F14N3O2. The van der Waals surface area contributed by atoms with Crippen LogP contribution in [0.5, 0.6) is 0 Å². The van der Waals surface area contributed by atoms with E-state index in [-0.39, 0.29) is 15.9 Å². The van der Waals surface area contributed by atoms with Crippen molar-refractivity contribution in [1.29, 1.82) is 0 Å². The number of halogens is 16. The van der Waals surface area contributed by atoms with E-state index < -0.39 is 53.0 Å². The lowest BCUT2D eigenvalue weighted by atomic mass is 10.1. The van der Waals surface area contributed by atoms with Crippen LogP contribution < -0.4 is 5.32 Å². The Hall–Kier alpha value is -2.57. The number of carbonyl (C=O) groups excluding carboxylic acids is 2. The average Bonchev–Trinajstić information content (AvgIpc) is 3.07. The molecule has 2 rings (SSSR count). The highest BCUT2D eigenvalue weighted by Crippen LogP contribution is 2.48. The van der Waals surface area contributed by atoms with Crippen molar-refractivity contribution < 1.29 is 71.1 Å². The smallest absolute Gasteiger partial charge is 0.303 e. The van der Waals surface area contributed by atoms with Crippen LogP contribution in [0, 0.1) is 0 Å². The molecule has 0 saturated heterocycles. The lowest BCUT2D eigenvalue weighted by Crippen LogP contribution is -2.57. The third-order valence-corrected chi connectivity index (χ3v) is 4.26. The minimum Gasteiger partial charge on any atom is -0.303 e. The summed E-state index contributed by atoms with van der Waals surface area (Å²) in [6, 6.07) is 3.76. The Kier molecular flexibility index (Phi) is 8.49. The van der Waals surface area contributed by atoms with Gasteiger partial charge in [-0.2, -0.15) is 66.6 Å². The van der Waals surface area contributed by atoms with Crippen molar-refractivity contribution >= 4 is 51.1 Å². The molecule has 1 aromatic heterocycles. The molecule has 2 aromatic rings. The van der Waals surface area contributed by atoms with Gasteiger partial charge in [-0.1, -0.05) is 11.6 Å². The molecule has 0 bridgehead atoms. The third kappa shape index (κ3) is 5.70. The summed E-state index contributed by atoms with van der Waals surface area (Å²) in [5, 5.41) is 4.01. The van der Waals surface area contributed by atoms with Crippen LogP contribution in [0.3, 0.4) is 0 Å². The standard InChI is InChI=1S/C11H5ClF7N3O.C4ClF7O/c12-4-1-2-5-6(3-4)21-22-7(5)20-8(23)9(13,14)10(15,16)11(17,18)19;5-1(13)2(6,7)3(8,9)4(10,11)12/h1-3H,(H2,20,21,22,23);. The quantitative estimate of drug-likeness (QED) is 0.303. The van der Waals surface area contributed by atoms with Gasteiger partial charge < -0.3 is 5.32 Å². The van der Waals surface area contributed by atoms with Crippen LogP contribution in [0.4, 0.5) is 67.3 Å². The van der Waals surface area contributed by atoms with Crippen molar-refractivity contribution in [3.8, 4) is 0 Å². The lowest BCUT2D eigenvalue weighted by Gasteiger charge is -2.26. The highest BCUT2D eigenvalue weighted by atomic mass is 35.5. The molecule has 2 N–H and O–H groups in total. The number of aromatic amines is 1. The predicted octanol–water partition coefficient (Wildman–Crippen LogP) is 6.57. The van der Waals surface area contributed by atoms with Crippen molar-refractivity contribution in [3.63, 3.8) is 0 Å². The van der Waals surface area contributed by atoms with Crippen molar-refractivity contribution in [2.24, 2.45) is 0 Å². The highest BCUT2D eigenvalue weighted by molar-refractivity contribution is 6.65. The van der Waals surface area contributed by atoms with Crippen LogP contribution in [-0.4, -0.2) is 57.4 Å². The second-order valence-electron chi connectivity index (χ2n) is 6.28. The Morgan fingerprint density at radius 1 is 0.778 bits per heavy atom. The van der Waals surface area contributed by atoms with Crippen LogP contribution >= 0.6 is 23.2 Å². The van der Waals surface area contributed by atoms with Crippen LogP contribution in [0.1, 0.15) is 0 Å². The van der Waals surface area contributed by atoms with Gasteiger partial charge in [0.15, 0.2) is 5.82 Å². The summed E-state index contributed by atoms with van der Waals surface area (Å²) in [6.07, 6.45) is -13.1. The van der Waals surface area contributed by atoms with E-state index in [1.165, 1.54) is 23.5 Å². The molecule has 36 heavy (non-hydrogen) atoms. The third-order valence-electron chi connectivity index (χ3n) is 3.79. The number of carbonyl (C=O) groups is 2. The van der Waals surface area contributed by atoms with E-state index in [4.69, 9.17) is 11.6 Å². The molecular weight excluding hydrogens is 591 g/mol. The number of nitrogens with one attached hydrogen (secondary N) is 2. The molecule has 0 atom stereocenters. The minimum absolute atomic E-state index is 0.00567.